The van der Waals surface area contributed by atoms with Gasteiger partial charge in [-0.1, -0.05) is 13.8 Å². The van der Waals surface area contributed by atoms with E-state index in [1.807, 2.05) is 6.07 Å². The van der Waals surface area contributed by atoms with E-state index in [4.69, 9.17) is 11.5 Å². The molecular formula is C11H16N2. The molecule has 0 heterocycles. The second-order valence-electron chi connectivity index (χ2n) is 4.53. The van der Waals surface area contributed by atoms with E-state index in [1.165, 1.54) is 17.5 Å². The number of hydrogen-bond acceptors (Lipinski definition) is 2. The summed E-state index contributed by atoms with van der Waals surface area (Å²) in [6.07, 6.45) is 2.29. The van der Waals surface area contributed by atoms with Crippen molar-refractivity contribution < 1.29 is 0 Å². The van der Waals surface area contributed by atoms with Gasteiger partial charge in [0.2, 0.25) is 0 Å². The van der Waals surface area contributed by atoms with E-state index >= 15 is 0 Å². The van der Waals surface area contributed by atoms with Crippen LogP contribution in [0.3, 0.4) is 0 Å². The van der Waals surface area contributed by atoms with Crippen LogP contribution < -0.4 is 11.5 Å². The Balaban J connectivity index is 2.65. The van der Waals surface area contributed by atoms with Crippen LogP contribution in [0, 0.1) is 0 Å². The van der Waals surface area contributed by atoms with Crippen molar-refractivity contribution in [2.24, 2.45) is 0 Å². The molecule has 70 valence electrons. The van der Waals surface area contributed by atoms with Crippen LogP contribution >= 0.6 is 0 Å². The molecule has 0 fully saturated rings. The summed E-state index contributed by atoms with van der Waals surface area (Å²) in [7, 11) is 0. The van der Waals surface area contributed by atoms with Gasteiger partial charge in [0.1, 0.15) is 0 Å². The molecule has 2 heteroatoms. The lowest BCUT2D eigenvalue weighted by Crippen LogP contribution is -2.14. The Kier molecular flexibility index (Phi) is 1.56. The minimum absolute atomic E-state index is 0.229. The van der Waals surface area contributed by atoms with Crippen LogP contribution in [0.1, 0.15) is 31.4 Å². The summed E-state index contributed by atoms with van der Waals surface area (Å²) < 4.78 is 0. The van der Waals surface area contributed by atoms with Crippen LogP contribution in [0.2, 0.25) is 0 Å². The van der Waals surface area contributed by atoms with Gasteiger partial charge in [-0.05, 0) is 41.5 Å². The van der Waals surface area contributed by atoms with E-state index in [2.05, 4.69) is 19.9 Å². The summed E-state index contributed by atoms with van der Waals surface area (Å²) in [6, 6.07) is 3.92. The molecule has 1 aliphatic carbocycles. The van der Waals surface area contributed by atoms with Crippen LogP contribution in [0.4, 0.5) is 11.4 Å². The highest BCUT2D eigenvalue weighted by molar-refractivity contribution is 5.64. The number of anilines is 2. The molecule has 0 atom stereocenters. The number of hydrogen-bond donors (Lipinski definition) is 2. The fourth-order valence-corrected chi connectivity index (χ4v) is 2.35. The van der Waals surface area contributed by atoms with E-state index in [0.29, 0.717) is 0 Å². The summed E-state index contributed by atoms with van der Waals surface area (Å²) in [5.41, 5.74) is 16.2. The van der Waals surface area contributed by atoms with Gasteiger partial charge >= 0.3 is 0 Å². The second kappa shape index (κ2) is 2.41. The molecule has 4 N–H and O–H groups in total. The van der Waals surface area contributed by atoms with Crippen molar-refractivity contribution in [1.82, 2.24) is 0 Å². The smallest absolute Gasteiger partial charge is 0.0375 e. The minimum Gasteiger partial charge on any atom is -0.399 e. The van der Waals surface area contributed by atoms with Gasteiger partial charge in [0.25, 0.3) is 0 Å². The van der Waals surface area contributed by atoms with Gasteiger partial charge in [0.05, 0.1) is 0 Å². The average Bonchev–Trinajstić information content (AvgIpc) is 2.26. The fourth-order valence-electron chi connectivity index (χ4n) is 2.35. The van der Waals surface area contributed by atoms with E-state index in [-0.39, 0.29) is 5.41 Å². The highest BCUT2D eigenvalue weighted by Gasteiger charge is 2.31. The molecule has 1 aromatic carbocycles. The summed E-state index contributed by atoms with van der Waals surface area (Å²) in [4.78, 5) is 0. The van der Waals surface area contributed by atoms with Gasteiger partial charge in [0.15, 0.2) is 0 Å². The van der Waals surface area contributed by atoms with Crippen LogP contribution in [-0.4, -0.2) is 0 Å². The molecule has 0 spiro atoms. The molecule has 13 heavy (non-hydrogen) atoms. The lowest BCUT2D eigenvalue weighted by atomic mass is 9.85. The monoisotopic (exact) mass is 176 g/mol. The SMILES string of the molecule is CC1(C)CCc2cc(N)cc(N)c21. The fraction of sp³-hybridized carbons (Fsp3) is 0.455. The quantitative estimate of drug-likeness (QED) is 0.594. The van der Waals surface area contributed by atoms with Gasteiger partial charge in [-0.15, -0.1) is 0 Å². The zero-order valence-electron chi connectivity index (χ0n) is 8.22. The van der Waals surface area contributed by atoms with Gasteiger partial charge in [-0.2, -0.15) is 0 Å². The Bertz CT molecular complexity index is 353. The Labute approximate surface area is 78.9 Å². The molecule has 0 unspecified atom stereocenters. The van der Waals surface area contributed by atoms with Gasteiger partial charge in [-0.3, -0.25) is 0 Å². The molecule has 0 bridgehead atoms. The maximum atomic E-state index is 5.97. The predicted molar refractivity (Wildman–Crippen MR) is 56.6 cm³/mol. The number of nitrogen functional groups attached to an aromatic ring is 2. The first-order chi connectivity index (χ1) is 6.00. The van der Waals surface area contributed by atoms with Crippen molar-refractivity contribution in [2.45, 2.75) is 32.1 Å². The van der Waals surface area contributed by atoms with Crippen molar-refractivity contribution in [2.75, 3.05) is 11.5 Å². The third-order valence-electron chi connectivity index (χ3n) is 2.97. The number of nitrogens with two attached hydrogens (primary N) is 2. The average molecular weight is 176 g/mol. The van der Waals surface area contributed by atoms with E-state index in [1.54, 1.807) is 0 Å². The zero-order valence-corrected chi connectivity index (χ0v) is 8.22. The molecular weight excluding hydrogens is 160 g/mol. The first-order valence-electron chi connectivity index (χ1n) is 4.69. The third kappa shape index (κ3) is 1.17. The van der Waals surface area contributed by atoms with E-state index in [0.717, 1.165) is 17.8 Å². The van der Waals surface area contributed by atoms with Crippen molar-refractivity contribution in [1.29, 1.82) is 0 Å². The van der Waals surface area contributed by atoms with Crippen molar-refractivity contribution >= 4 is 11.4 Å². The summed E-state index contributed by atoms with van der Waals surface area (Å²) in [6.45, 7) is 4.48. The molecule has 0 aliphatic heterocycles. The Morgan fingerprint density at radius 1 is 1.23 bits per heavy atom. The maximum absolute atomic E-state index is 5.97. The number of benzene rings is 1. The van der Waals surface area contributed by atoms with E-state index in [9.17, 15) is 0 Å². The zero-order chi connectivity index (χ0) is 9.64. The number of aryl methyl sites for hydroxylation is 1. The highest BCUT2D eigenvalue weighted by atomic mass is 14.6. The summed E-state index contributed by atoms with van der Waals surface area (Å²) >= 11 is 0. The topological polar surface area (TPSA) is 52.0 Å². The molecule has 0 aromatic heterocycles. The van der Waals surface area contributed by atoms with Crippen molar-refractivity contribution in [3.8, 4) is 0 Å². The summed E-state index contributed by atoms with van der Waals surface area (Å²) in [5.74, 6) is 0. The van der Waals surface area contributed by atoms with Gasteiger partial charge < -0.3 is 11.5 Å². The molecule has 2 nitrogen and oxygen atoms in total. The normalized spacial score (nSPS) is 18.6. The molecule has 1 aliphatic rings. The first-order valence-corrected chi connectivity index (χ1v) is 4.69. The Morgan fingerprint density at radius 3 is 2.62 bits per heavy atom. The molecule has 0 saturated carbocycles. The largest absolute Gasteiger partial charge is 0.399 e. The van der Waals surface area contributed by atoms with E-state index < -0.39 is 0 Å². The van der Waals surface area contributed by atoms with Crippen LogP contribution in [0.25, 0.3) is 0 Å². The summed E-state index contributed by atoms with van der Waals surface area (Å²) in [5, 5.41) is 0. The lowest BCUT2D eigenvalue weighted by Gasteiger charge is -2.20. The molecule has 0 amide bonds. The maximum Gasteiger partial charge on any atom is 0.0375 e. The number of rotatable bonds is 0. The van der Waals surface area contributed by atoms with Crippen molar-refractivity contribution in [3.63, 3.8) is 0 Å². The molecule has 2 rings (SSSR count). The van der Waals surface area contributed by atoms with Gasteiger partial charge in [-0.25, -0.2) is 0 Å². The third-order valence-corrected chi connectivity index (χ3v) is 2.97. The van der Waals surface area contributed by atoms with Crippen molar-refractivity contribution in [3.05, 3.63) is 23.3 Å². The van der Waals surface area contributed by atoms with Crippen LogP contribution in [-0.2, 0) is 11.8 Å². The van der Waals surface area contributed by atoms with Gasteiger partial charge in [0, 0.05) is 11.4 Å². The Morgan fingerprint density at radius 2 is 1.92 bits per heavy atom. The molecule has 0 radical (unpaired) electrons. The number of fused-ring (bicyclic) bond motifs is 1. The molecule has 1 aromatic rings. The minimum atomic E-state index is 0.229. The second-order valence-corrected chi connectivity index (χ2v) is 4.53. The standard InChI is InChI=1S/C11H16N2/c1-11(2)4-3-7-5-8(12)6-9(13)10(7)11/h5-6H,3-4,12-13H2,1-2H3. The predicted octanol–water partition coefficient (Wildman–Crippen LogP) is 2.07. The first kappa shape index (κ1) is 8.42. The van der Waals surface area contributed by atoms with Crippen LogP contribution in [0.15, 0.2) is 12.1 Å². The highest BCUT2D eigenvalue weighted by Crippen LogP contribution is 2.42. The molecule has 0 saturated heterocycles. The van der Waals surface area contributed by atoms with Crippen LogP contribution in [0.5, 0.6) is 0 Å². The Hall–Kier alpha value is -1.18. The lowest BCUT2D eigenvalue weighted by molar-refractivity contribution is 0.524.